The number of aromatic nitrogens is 1. The molecular weight excluding hydrogens is 244 g/mol. The van der Waals surface area contributed by atoms with Crippen molar-refractivity contribution in [3.8, 4) is 11.5 Å². The van der Waals surface area contributed by atoms with Crippen molar-refractivity contribution in [2.45, 2.75) is 13.8 Å². The van der Waals surface area contributed by atoms with Crippen LogP contribution in [0.15, 0.2) is 33.9 Å². The lowest BCUT2D eigenvalue weighted by Crippen LogP contribution is -2.24. The largest absolute Gasteiger partial charge is 0.444 e. The number of rotatable bonds is 2. The van der Waals surface area contributed by atoms with Gasteiger partial charge in [0.1, 0.15) is 6.26 Å². The molecule has 0 radical (unpaired) electrons. The van der Waals surface area contributed by atoms with Crippen LogP contribution in [-0.2, 0) is 0 Å². The van der Waals surface area contributed by atoms with Crippen LogP contribution in [0, 0.1) is 13.8 Å². The number of hydrogen-bond donors (Lipinski definition) is 2. The Balaban J connectivity index is 2.38. The summed E-state index contributed by atoms with van der Waals surface area (Å²) < 4.78 is 5.31. The highest BCUT2D eigenvalue weighted by Gasteiger charge is 2.14. The van der Waals surface area contributed by atoms with Gasteiger partial charge in [0.15, 0.2) is 11.7 Å². The Labute approximate surface area is 110 Å². The van der Waals surface area contributed by atoms with Crippen LogP contribution in [0.4, 0.5) is 0 Å². The third-order valence-corrected chi connectivity index (χ3v) is 2.58. The Morgan fingerprint density at radius 1 is 1.32 bits per heavy atom. The van der Waals surface area contributed by atoms with E-state index in [1.165, 1.54) is 6.26 Å². The Hall–Kier alpha value is -2.63. The van der Waals surface area contributed by atoms with Crippen LogP contribution in [0.2, 0.25) is 0 Å². The van der Waals surface area contributed by atoms with Crippen LogP contribution in [0.5, 0.6) is 0 Å². The van der Waals surface area contributed by atoms with Crippen molar-refractivity contribution in [3.63, 3.8) is 0 Å². The minimum Gasteiger partial charge on any atom is -0.444 e. The van der Waals surface area contributed by atoms with Crippen LogP contribution in [0.3, 0.4) is 0 Å². The molecule has 1 heterocycles. The van der Waals surface area contributed by atoms with E-state index >= 15 is 0 Å². The molecule has 0 spiro atoms. The van der Waals surface area contributed by atoms with Crippen LogP contribution in [0.1, 0.15) is 21.6 Å². The van der Waals surface area contributed by atoms with E-state index in [4.69, 9.17) is 15.9 Å². The molecule has 2 rings (SSSR count). The number of nitrogens with zero attached hydrogens (tertiary/aromatic N) is 2. The molecule has 98 valence electrons. The average Bonchev–Trinajstić information content (AvgIpc) is 2.80. The zero-order valence-electron chi connectivity index (χ0n) is 10.7. The minimum absolute atomic E-state index is 0.0734. The number of amides is 1. The van der Waals surface area contributed by atoms with Gasteiger partial charge < -0.3 is 15.9 Å². The summed E-state index contributed by atoms with van der Waals surface area (Å²) in [7, 11) is 0. The molecule has 0 fully saturated rings. The zero-order valence-corrected chi connectivity index (χ0v) is 10.7. The van der Waals surface area contributed by atoms with E-state index in [0.717, 1.165) is 16.7 Å². The standard InChI is InChI=1S/C13H14N4O2/c1-7-3-4-8(2)9(5-7)12-16-10(6-19-12)11(18)17-13(14)15/h3-6H,1-2H3,(H4,14,15,17,18). The molecule has 0 saturated carbocycles. The fraction of sp³-hybridized carbons (Fsp3) is 0.154. The summed E-state index contributed by atoms with van der Waals surface area (Å²) in [4.78, 5) is 19.1. The first kappa shape index (κ1) is 12.8. The van der Waals surface area contributed by atoms with Crippen molar-refractivity contribution in [3.05, 3.63) is 41.3 Å². The number of guanidine groups is 1. The number of aryl methyl sites for hydroxylation is 2. The molecule has 6 nitrogen and oxygen atoms in total. The maximum absolute atomic E-state index is 11.6. The van der Waals surface area contributed by atoms with Crippen LogP contribution >= 0.6 is 0 Å². The summed E-state index contributed by atoms with van der Waals surface area (Å²) >= 11 is 0. The second-order valence-corrected chi connectivity index (χ2v) is 4.20. The number of nitrogens with two attached hydrogens (primary N) is 2. The highest BCUT2D eigenvalue weighted by molar-refractivity contribution is 6.00. The van der Waals surface area contributed by atoms with Crippen molar-refractivity contribution < 1.29 is 9.21 Å². The van der Waals surface area contributed by atoms with Gasteiger partial charge in [0.05, 0.1) is 0 Å². The van der Waals surface area contributed by atoms with Crippen molar-refractivity contribution in [2.75, 3.05) is 0 Å². The number of aliphatic imine (C=N–C) groups is 1. The Bertz CT molecular complexity index is 654. The first-order valence-corrected chi connectivity index (χ1v) is 5.64. The lowest BCUT2D eigenvalue weighted by Gasteiger charge is -2.02. The normalized spacial score (nSPS) is 10.2. The molecule has 0 aliphatic heterocycles. The smallest absolute Gasteiger partial charge is 0.302 e. The van der Waals surface area contributed by atoms with Crippen molar-refractivity contribution in [1.82, 2.24) is 4.98 Å². The molecule has 0 aliphatic carbocycles. The predicted octanol–water partition coefficient (Wildman–Crippen LogP) is 1.37. The van der Waals surface area contributed by atoms with Gasteiger partial charge in [-0.25, -0.2) is 4.98 Å². The second kappa shape index (κ2) is 4.93. The summed E-state index contributed by atoms with van der Waals surface area (Å²) in [6.45, 7) is 3.91. The summed E-state index contributed by atoms with van der Waals surface area (Å²) in [6, 6.07) is 5.90. The Morgan fingerprint density at radius 3 is 2.74 bits per heavy atom. The van der Waals surface area contributed by atoms with Gasteiger partial charge in [0.2, 0.25) is 5.89 Å². The number of hydrogen-bond acceptors (Lipinski definition) is 3. The SMILES string of the molecule is Cc1ccc(C)c(-c2nc(C(=O)N=C(N)N)co2)c1. The van der Waals surface area contributed by atoms with Gasteiger partial charge in [-0.15, -0.1) is 0 Å². The van der Waals surface area contributed by atoms with E-state index in [-0.39, 0.29) is 11.7 Å². The molecule has 19 heavy (non-hydrogen) atoms. The first-order chi connectivity index (χ1) is 8.97. The van der Waals surface area contributed by atoms with Crippen LogP contribution in [0.25, 0.3) is 11.5 Å². The molecule has 0 bridgehead atoms. The van der Waals surface area contributed by atoms with Gasteiger partial charge >= 0.3 is 5.91 Å². The van der Waals surface area contributed by atoms with E-state index in [0.29, 0.717) is 5.89 Å². The van der Waals surface area contributed by atoms with Gasteiger partial charge in [-0.3, -0.25) is 4.79 Å². The molecule has 1 amide bonds. The lowest BCUT2D eigenvalue weighted by atomic mass is 10.1. The Kier molecular flexibility index (Phi) is 3.33. The molecular formula is C13H14N4O2. The molecule has 0 atom stereocenters. The number of oxazole rings is 1. The zero-order chi connectivity index (χ0) is 14.0. The minimum atomic E-state index is -0.625. The predicted molar refractivity (Wildman–Crippen MR) is 71.6 cm³/mol. The number of carbonyl (C=O) groups is 1. The summed E-state index contributed by atoms with van der Waals surface area (Å²) in [5.41, 5.74) is 13.3. The van der Waals surface area contributed by atoms with Gasteiger partial charge in [-0.1, -0.05) is 17.7 Å². The Morgan fingerprint density at radius 2 is 2.05 bits per heavy atom. The van der Waals surface area contributed by atoms with E-state index in [1.54, 1.807) is 0 Å². The van der Waals surface area contributed by atoms with Crippen molar-refractivity contribution in [2.24, 2.45) is 16.5 Å². The molecule has 2 aromatic rings. The van der Waals surface area contributed by atoms with E-state index in [2.05, 4.69) is 9.98 Å². The van der Waals surface area contributed by atoms with Crippen LogP contribution in [-0.4, -0.2) is 16.9 Å². The van der Waals surface area contributed by atoms with E-state index < -0.39 is 5.91 Å². The number of benzene rings is 1. The summed E-state index contributed by atoms with van der Waals surface area (Å²) in [5.74, 6) is -0.558. The van der Waals surface area contributed by atoms with Gasteiger partial charge in [0.25, 0.3) is 0 Å². The summed E-state index contributed by atoms with van der Waals surface area (Å²) in [6.07, 6.45) is 1.24. The van der Waals surface area contributed by atoms with Crippen LogP contribution < -0.4 is 11.5 Å². The second-order valence-electron chi connectivity index (χ2n) is 4.20. The van der Waals surface area contributed by atoms with E-state index in [1.807, 2.05) is 32.0 Å². The molecule has 1 aromatic carbocycles. The fourth-order valence-electron chi connectivity index (χ4n) is 1.64. The fourth-order valence-corrected chi connectivity index (χ4v) is 1.64. The molecule has 0 saturated heterocycles. The third kappa shape index (κ3) is 2.79. The molecule has 6 heteroatoms. The van der Waals surface area contributed by atoms with Crippen molar-refractivity contribution >= 4 is 11.9 Å². The van der Waals surface area contributed by atoms with Crippen molar-refractivity contribution in [1.29, 1.82) is 0 Å². The summed E-state index contributed by atoms with van der Waals surface area (Å²) in [5, 5.41) is 0. The molecule has 0 unspecified atom stereocenters. The lowest BCUT2D eigenvalue weighted by molar-refractivity contribution is 0.0998. The average molecular weight is 258 g/mol. The highest BCUT2D eigenvalue weighted by atomic mass is 16.3. The first-order valence-electron chi connectivity index (χ1n) is 5.64. The monoisotopic (exact) mass is 258 g/mol. The topological polar surface area (TPSA) is 108 Å². The highest BCUT2D eigenvalue weighted by Crippen LogP contribution is 2.24. The molecule has 0 aliphatic rings. The van der Waals surface area contributed by atoms with Gasteiger partial charge in [-0.05, 0) is 25.5 Å². The maximum Gasteiger partial charge on any atom is 0.302 e. The van der Waals surface area contributed by atoms with Gasteiger partial charge in [0, 0.05) is 5.56 Å². The third-order valence-electron chi connectivity index (χ3n) is 2.58. The molecule has 4 N–H and O–H groups in total. The quantitative estimate of drug-likeness (QED) is 0.624. The van der Waals surface area contributed by atoms with Gasteiger partial charge in [-0.2, -0.15) is 4.99 Å². The maximum atomic E-state index is 11.6. The van der Waals surface area contributed by atoms with E-state index in [9.17, 15) is 4.79 Å². The number of carbonyl (C=O) groups excluding carboxylic acids is 1. The molecule has 1 aromatic heterocycles.